The van der Waals surface area contributed by atoms with Gasteiger partial charge in [-0.1, -0.05) is 27.7 Å². The number of aliphatic hydroxyl groups is 7. The Balaban J connectivity index is 1.81. The second-order valence-electron chi connectivity index (χ2n) is 9.92. The zero-order valence-corrected chi connectivity index (χ0v) is 21.4. The second-order valence-corrected chi connectivity index (χ2v) is 9.92. The molecule has 0 bridgehead atoms. The molecule has 0 aromatic rings. The Labute approximate surface area is 211 Å². The molecule has 0 aromatic heterocycles. The van der Waals surface area contributed by atoms with Gasteiger partial charge in [0.2, 0.25) is 0 Å². The predicted molar refractivity (Wildman–Crippen MR) is 124 cm³/mol. The van der Waals surface area contributed by atoms with Crippen LogP contribution in [0, 0.1) is 5.92 Å². The van der Waals surface area contributed by atoms with Crippen molar-refractivity contribution in [3.63, 3.8) is 0 Å². The van der Waals surface area contributed by atoms with Crippen LogP contribution < -0.4 is 0 Å². The molecule has 3 aliphatic rings. The first-order valence-electron chi connectivity index (χ1n) is 13.1. The van der Waals surface area contributed by atoms with E-state index in [4.69, 9.17) is 23.7 Å². The summed E-state index contributed by atoms with van der Waals surface area (Å²) in [5.41, 5.74) is 0. The van der Waals surface area contributed by atoms with Gasteiger partial charge in [0.05, 0.1) is 31.0 Å². The molecule has 36 heavy (non-hydrogen) atoms. The van der Waals surface area contributed by atoms with E-state index in [9.17, 15) is 35.7 Å². The quantitative estimate of drug-likeness (QED) is 0.183. The summed E-state index contributed by atoms with van der Waals surface area (Å²) >= 11 is 0. The van der Waals surface area contributed by atoms with Gasteiger partial charge in [0.25, 0.3) is 0 Å². The molecule has 0 aliphatic carbocycles. The van der Waals surface area contributed by atoms with E-state index < -0.39 is 86.3 Å². The molecular weight excluding hydrogens is 480 g/mol. The molecule has 212 valence electrons. The molecular formula is C24H44O12. The van der Waals surface area contributed by atoms with Crippen molar-refractivity contribution in [1.82, 2.24) is 0 Å². The van der Waals surface area contributed by atoms with Crippen molar-refractivity contribution >= 4 is 0 Å². The summed E-state index contributed by atoms with van der Waals surface area (Å²) in [6.07, 6.45) is -14.3. The molecule has 3 fully saturated rings. The van der Waals surface area contributed by atoms with Gasteiger partial charge in [-0.2, -0.15) is 0 Å². The van der Waals surface area contributed by atoms with Crippen LogP contribution in [0.15, 0.2) is 0 Å². The smallest absolute Gasteiger partial charge is 0.187 e. The fraction of sp³-hybridized carbons (Fsp3) is 1.00. The molecule has 0 spiro atoms. The molecule has 0 amide bonds. The number of aliphatic hydroxyl groups excluding tert-OH is 7. The summed E-state index contributed by atoms with van der Waals surface area (Å²) in [7, 11) is 0. The van der Waals surface area contributed by atoms with Gasteiger partial charge in [0.1, 0.15) is 48.8 Å². The van der Waals surface area contributed by atoms with Crippen LogP contribution in [-0.4, -0.2) is 128 Å². The van der Waals surface area contributed by atoms with Crippen LogP contribution in [0.2, 0.25) is 0 Å². The van der Waals surface area contributed by atoms with E-state index in [0.29, 0.717) is 25.7 Å². The van der Waals surface area contributed by atoms with Crippen LogP contribution in [0.1, 0.15) is 53.4 Å². The Morgan fingerprint density at radius 3 is 1.53 bits per heavy atom. The summed E-state index contributed by atoms with van der Waals surface area (Å²) in [6, 6.07) is 0. The minimum Gasteiger partial charge on any atom is -0.394 e. The molecule has 7 N–H and O–H groups in total. The summed E-state index contributed by atoms with van der Waals surface area (Å²) in [5, 5.41) is 73.4. The maximum absolute atomic E-state index is 11.1. The molecule has 0 aromatic carbocycles. The number of hydrogen-bond acceptors (Lipinski definition) is 12. The third-order valence-corrected chi connectivity index (χ3v) is 7.72. The fourth-order valence-corrected chi connectivity index (χ4v) is 5.50. The SMILES string of the molecule is CCC1OC(OC2C(O)C(CC)OC(OC3C(O)C(CO)OC(CC)C3CC)C2O)C(O)C(O)C1O. The highest BCUT2D eigenvalue weighted by Crippen LogP contribution is 2.36. The highest BCUT2D eigenvalue weighted by atomic mass is 16.7. The maximum Gasteiger partial charge on any atom is 0.187 e. The average molecular weight is 525 g/mol. The average Bonchev–Trinajstić information content (AvgIpc) is 2.88. The van der Waals surface area contributed by atoms with Gasteiger partial charge < -0.3 is 59.4 Å². The van der Waals surface area contributed by atoms with Crippen LogP contribution in [0.3, 0.4) is 0 Å². The second kappa shape index (κ2) is 13.0. The zero-order chi connectivity index (χ0) is 26.7. The summed E-state index contributed by atoms with van der Waals surface area (Å²) in [6.45, 7) is 6.95. The van der Waals surface area contributed by atoms with Crippen molar-refractivity contribution in [1.29, 1.82) is 0 Å². The fourth-order valence-electron chi connectivity index (χ4n) is 5.50. The van der Waals surface area contributed by atoms with Gasteiger partial charge in [-0.25, -0.2) is 0 Å². The lowest BCUT2D eigenvalue weighted by Crippen LogP contribution is -2.65. The van der Waals surface area contributed by atoms with Crippen molar-refractivity contribution < 1.29 is 59.4 Å². The number of hydrogen-bond donors (Lipinski definition) is 7. The van der Waals surface area contributed by atoms with E-state index in [-0.39, 0.29) is 12.0 Å². The molecule has 3 aliphatic heterocycles. The van der Waals surface area contributed by atoms with Crippen molar-refractivity contribution in [3.8, 4) is 0 Å². The van der Waals surface area contributed by atoms with Gasteiger partial charge in [0.15, 0.2) is 12.6 Å². The summed E-state index contributed by atoms with van der Waals surface area (Å²) in [5.74, 6) is -0.250. The van der Waals surface area contributed by atoms with Gasteiger partial charge in [-0.15, -0.1) is 0 Å². The molecule has 15 unspecified atom stereocenters. The third kappa shape index (κ3) is 5.90. The molecule has 3 heterocycles. The lowest BCUT2D eigenvalue weighted by Gasteiger charge is -2.49. The monoisotopic (exact) mass is 524 g/mol. The van der Waals surface area contributed by atoms with E-state index in [0.717, 1.165) is 0 Å². The lowest BCUT2D eigenvalue weighted by atomic mass is 9.83. The van der Waals surface area contributed by atoms with Crippen molar-refractivity contribution in [2.75, 3.05) is 6.61 Å². The Morgan fingerprint density at radius 1 is 0.500 bits per heavy atom. The van der Waals surface area contributed by atoms with Gasteiger partial charge in [0, 0.05) is 5.92 Å². The minimum absolute atomic E-state index is 0.250. The Morgan fingerprint density at radius 2 is 1.00 bits per heavy atom. The summed E-state index contributed by atoms with van der Waals surface area (Å²) < 4.78 is 29.3. The van der Waals surface area contributed by atoms with E-state index in [2.05, 4.69) is 0 Å². The zero-order valence-electron chi connectivity index (χ0n) is 21.4. The van der Waals surface area contributed by atoms with Gasteiger partial charge in [-0.3, -0.25) is 0 Å². The maximum atomic E-state index is 11.1. The van der Waals surface area contributed by atoms with Gasteiger partial charge >= 0.3 is 0 Å². The molecule has 3 saturated heterocycles. The lowest BCUT2D eigenvalue weighted by molar-refractivity contribution is -0.369. The van der Waals surface area contributed by atoms with Crippen LogP contribution >= 0.6 is 0 Å². The van der Waals surface area contributed by atoms with Crippen molar-refractivity contribution in [2.24, 2.45) is 5.92 Å². The first-order valence-corrected chi connectivity index (χ1v) is 13.1. The van der Waals surface area contributed by atoms with E-state index in [1.165, 1.54) is 0 Å². The highest BCUT2D eigenvalue weighted by Gasteiger charge is 2.53. The summed E-state index contributed by atoms with van der Waals surface area (Å²) in [4.78, 5) is 0. The van der Waals surface area contributed by atoms with Crippen LogP contribution in [-0.2, 0) is 23.7 Å². The molecule has 15 atom stereocenters. The number of rotatable bonds is 9. The Kier molecular flexibility index (Phi) is 10.9. The molecule has 0 saturated carbocycles. The Hall–Kier alpha value is -0.480. The Bertz CT molecular complexity index is 667. The topological polar surface area (TPSA) is 188 Å². The van der Waals surface area contributed by atoms with Crippen molar-refractivity contribution in [3.05, 3.63) is 0 Å². The highest BCUT2D eigenvalue weighted by molar-refractivity contribution is 4.96. The first-order chi connectivity index (χ1) is 17.1. The van der Waals surface area contributed by atoms with E-state index in [1.807, 2.05) is 13.8 Å². The minimum atomic E-state index is -1.62. The molecule has 12 heteroatoms. The van der Waals surface area contributed by atoms with Crippen LogP contribution in [0.25, 0.3) is 0 Å². The number of ether oxygens (including phenoxy) is 5. The standard InChI is InChI=1S/C24H44O12/c1-5-10-11(6-2)32-14(9-25)17(28)21(10)35-24-20(31)22(16(27)13(8-4)34-24)36-23-19(30)18(29)15(26)12(7-3)33-23/h10-31H,5-9H2,1-4H3. The first kappa shape index (κ1) is 30.1. The third-order valence-electron chi connectivity index (χ3n) is 7.72. The van der Waals surface area contributed by atoms with Crippen LogP contribution in [0.4, 0.5) is 0 Å². The van der Waals surface area contributed by atoms with Crippen LogP contribution in [0.5, 0.6) is 0 Å². The molecule has 12 nitrogen and oxygen atoms in total. The van der Waals surface area contributed by atoms with E-state index in [1.54, 1.807) is 13.8 Å². The van der Waals surface area contributed by atoms with Crippen molar-refractivity contribution in [2.45, 2.75) is 139 Å². The van der Waals surface area contributed by atoms with Gasteiger partial charge in [-0.05, 0) is 25.7 Å². The molecule has 0 radical (unpaired) electrons. The molecule has 3 rings (SSSR count). The predicted octanol–water partition coefficient (Wildman–Crippen LogP) is -1.61. The largest absolute Gasteiger partial charge is 0.394 e. The normalized spacial score (nSPS) is 50.2. The van der Waals surface area contributed by atoms with E-state index >= 15 is 0 Å².